The molecule has 6 aromatic rings. The van der Waals surface area contributed by atoms with E-state index in [1.165, 1.54) is 0 Å². The van der Waals surface area contributed by atoms with E-state index in [4.69, 9.17) is 9.72 Å². The van der Waals surface area contributed by atoms with E-state index in [-0.39, 0.29) is 26.8 Å². The van der Waals surface area contributed by atoms with Crippen molar-refractivity contribution >= 4 is 32.7 Å². The predicted octanol–water partition coefficient (Wildman–Crippen LogP) is 6.95. The zero-order chi connectivity index (χ0) is 23.4. The molecule has 3 aromatic heterocycles. The van der Waals surface area contributed by atoms with E-state index >= 15 is 0 Å². The van der Waals surface area contributed by atoms with E-state index in [9.17, 15) is 5.11 Å². The first kappa shape index (κ1) is 23.1. The van der Waals surface area contributed by atoms with Crippen LogP contribution in [0, 0.1) is 26.8 Å². The fourth-order valence-electron chi connectivity index (χ4n) is 4.58. The molecule has 0 spiro atoms. The SMILES string of the molecule is Cc1cc(C)nc(-n2c3[c-]c(Oc4ccc5cccc(O)c5n4)c(C)cc3c3ccccc32)c1.[Pt]. The molecule has 5 nitrogen and oxygen atoms in total. The van der Waals surface area contributed by atoms with Crippen molar-refractivity contribution in [3.63, 3.8) is 0 Å². The van der Waals surface area contributed by atoms with E-state index in [0.717, 1.165) is 49.8 Å². The monoisotopic (exact) mass is 639 g/mol. The largest absolute Gasteiger partial charge is 0.506 e. The molecule has 6 heteroatoms. The topological polar surface area (TPSA) is 60.2 Å². The van der Waals surface area contributed by atoms with Crippen LogP contribution in [0.25, 0.3) is 38.5 Å². The van der Waals surface area contributed by atoms with Gasteiger partial charge in [0.1, 0.15) is 17.1 Å². The van der Waals surface area contributed by atoms with Crippen molar-refractivity contribution in [2.75, 3.05) is 0 Å². The number of benzene rings is 3. The number of hydrogen-bond acceptors (Lipinski definition) is 4. The van der Waals surface area contributed by atoms with Crippen LogP contribution in [0.3, 0.4) is 0 Å². The van der Waals surface area contributed by atoms with E-state index in [1.807, 2.05) is 38.1 Å². The molecule has 0 unspecified atom stereocenters. The molecule has 1 N–H and O–H groups in total. The van der Waals surface area contributed by atoms with Crippen LogP contribution in [0.2, 0.25) is 0 Å². The van der Waals surface area contributed by atoms with E-state index < -0.39 is 0 Å². The van der Waals surface area contributed by atoms with Gasteiger partial charge in [0, 0.05) is 49.5 Å². The summed E-state index contributed by atoms with van der Waals surface area (Å²) < 4.78 is 8.34. The van der Waals surface area contributed by atoms with Crippen LogP contribution in [0.4, 0.5) is 0 Å². The number of para-hydroxylation sites is 2. The molecule has 3 aromatic carbocycles. The van der Waals surface area contributed by atoms with Gasteiger partial charge in [-0.05, 0) is 55.1 Å². The number of ether oxygens (including phenoxy) is 1. The number of aryl methyl sites for hydroxylation is 3. The van der Waals surface area contributed by atoms with Gasteiger partial charge < -0.3 is 14.4 Å². The number of phenolic OH excluding ortho intramolecular Hbond substituents is 1. The van der Waals surface area contributed by atoms with Gasteiger partial charge in [-0.3, -0.25) is 0 Å². The quantitative estimate of drug-likeness (QED) is 0.213. The molecule has 0 saturated heterocycles. The van der Waals surface area contributed by atoms with Gasteiger partial charge in [0.2, 0.25) is 5.88 Å². The first-order valence-electron chi connectivity index (χ1n) is 11.2. The Hall–Kier alpha value is -3.69. The Kier molecular flexibility index (Phi) is 5.82. The number of phenols is 1. The molecule has 0 aliphatic heterocycles. The fraction of sp³-hybridized carbons (Fsp3) is 0.103. The van der Waals surface area contributed by atoms with Crippen molar-refractivity contribution < 1.29 is 30.9 Å². The summed E-state index contributed by atoms with van der Waals surface area (Å²) in [5.74, 6) is 1.96. The normalized spacial score (nSPS) is 11.2. The van der Waals surface area contributed by atoms with Crippen LogP contribution < -0.4 is 4.74 Å². The summed E-state index contributed by atoms with van der Waals surface area (Å²) in [6.07, 6.45) is 0. The second kappa shape index (κ2) is 8.83. The molecule has 0 fully saturated rings. The molecule has 0 aliphatic rings. The van der Waals surface area contributed by atoms with Gasteiger partial charge in [-0.2, -0.15) is 6.07 Å². The summed E-state index contributed by atoms with van der Waals surface area (Å²) in [6, 6.07) is 27.1. The number of fused-ring (bicyclic) bond motifs is 4. The average Bonchev–Trinajstić information content (AvgIpc) is 3.12. The minimum Gasteiger partial charge on any atom is -0.506 e. The molecule has 0 atom stereocenters. The van der Waals surface area contributed by atoms with Gasteiger partial charge in [-0.1, -0.05) is 42.8 Å². The first-order valence-corrected chi connectivity index (χ1v) is 11.2. The smallest absolute Gasteiger partial charge is 0.217 e. The van der Waals surface area contributed by atoms with E-state index in [2.05, 4.69) is 52.9 Å². The molecule has 176 valence electrons. The van der Waals surface area contributed by atoms with Gasteiger partial charge in [0.05, 0.1) is 0 Å². The molecule has 35 heavy (non-hydrogen) atoms. The maximum absolute atomic E-state index is 10.2. The van der Waals surface area contributed by atoms with E-state index in [0.29, 0.717) is 17.1 Å². The van der Waals surface area contributed by atoms with Crippen LogP contribution in [0.1, 0.15) is 16.8 Å². The standard InChI is InChI=1S/C29H22N3O2.Pt/c1-17-13-19(3)30-27(14-17)32-23-9-5-4-8-21(23)22-15-18(2)26(16-24(22)32)34-28-12-11-20-7-6-10-25(33)29(20)31-28;/h4-15,33H,1-3H3;/q-1;. The molecular formula is C29H22N3O2Pt-. The van der Waals surface area contributed by atoms with Gasteiger partial charge >= 0.3 is 0 Å². The van der Waals surface area contributed by atoms with Crippen LogP contribution in [-0.4, -0.2) is 19.6 Å². The molecule has 6 rings (SSSR count). The van der Waals surface area contributed by atoms with Crippen molar-refractivity contribution in [1.29, 1.82) is 0 Å². The van der Waals surface area contributed by atoms with E-state index in [1.54, 1.807) is 18.2 Å². The van der Waals surface area contributed by atoms with Crippen molar-refractivity contribution in [3.8, 4) is 23.2 Å². The van der Waals surface area contributed by atoms with Crippen LogP contribution in [-0.2, 0) is 21.1 Å². The summed E-state index contributed by atoms with van der Waals surface area (Å²) in [4.78, 5) is 9.35. The predicted molar refractivity (Wildman–Crippen MR) is 135 cm³/mol. The third-order valence-corrected chi connectivity index (χ3v) is 6.06. The fourth-order valence-corrected chi connectivity index (χ4v) is 4.58. The first-order chi connectivity index (χ1) is 16.5. The van der Waals surface area contributed by atoms with Crippen molar-refractivity contribution in [3.05, 3.63) is 95.7 Å². The summed E-state index contributed by atoms with van der Waals surface area (Å²) in [5.41, 5.74) is 5.52. The van der Waals surface area contributed by atoms with Gasteiger partial charge in [0.15, 0.2) is 0 Å². The number of pyridine rings is 2. The summed E-state index contributed by atoms with van der Waals surface area (Å²) in [6.45, 7) is 6.09. The molecule has 0 amide bonds. The molecule has 3 heterocycles. The maximum Gasteiger partial charge on any atom is 0.217 e. The van der Waals surface area contributed by atoms with Crippen LogP contribution >= 0.6 is 0 Å². The van der Waals surface area contributed by atoms with Crippen LogP contribution in [0.5, 0.6) is 17.4 Å². The van der Waals surface area contributed by atoms with Gasteiger partial charge in [-0.25, -0.2) is 9.97 Å². The molecule has 0 saturated carbocycles. The number of rotatable bonds is 3. The molecule has 0 bridgehead atoms. The maximum atomic E-state index is 10.2. The summed E-state index contributed by atoms with van der Waals surface area (Å²) in [7, 11) is 0. The molecular weight excluding hydrogens is 617 g/mol. The second-order valence-corrected chi connectivity index (χ2v) is 8.64. The Balaban J connectivity index is 0.00000253. The minimum absolute atomic E-state index is 0. The average molecular weight is 640 g/mol. The Morgan fingerprint density at radius 1 is 0.857 bits per heavy atom. The molecule has 0 radical (unpaired) electrons. The minimum atomic E-state index is 0. The van der Waals surface area contributed by atoms with Crippen LogP contribution in [0.15, 0.2) is 72.8 Å². The van der Waals surface area contributed by atoms with Crippen molar-refractivity contribution in [2.45, 2.75) is 20.8 Å². The number of aromatic hydroxyl groups is 1. The zero-order valence-corrected chi connectivity index (χ0v) is 21.7. The Bertz CT molecular complexity index is 1720. The third kappa shape index (κ3) is 3.96. The Morgan fingerprint density at radius 2 is 1.69 bits per heavy atom. The van der Waals surface area contributed by atoms with Gasteiger partial charge in [0.25, 0.3) is 0 Å². The number of aromatic nitrogens is 3. The molecule has 0 aliphatic carbocycles. The summed E-state index contributed by atoms with van der Waals surface area (Å²) in [5, 5.41) is 13.3. The zero-order valence-electron chi connectivity index (χ0n) is 19.4. The summed E-state index contributed by atoms with van der Waals surface area (Å²) >= 11 is 0. The van der Waals surface area contributed by atoms with Crippen molar-refractivity contribution in [1.82, 2.24) is 14.5 Å². The third-order valence-electron chi connectivity index (χ3n) is 6.06. The number of nitrogens with zero attached hydrogens (tertiary/aromatic N) is 3. The van der Waals surface area contributed by atoms with Crippen molar-refractivity contribution in [2.24, 2.45) is 0 Å². The Morgan fingerprint density at radius 3 is 2.51 bits per heavy atom. The second-order valence-electron chi connectivity index (χ2n) is 8.64. The Labute approximate surface area is 217 Å². The van der Waals surface area contributed by atoms with Gasteiger partial charge in [-0.15, -0.1) is 17.0 Å². The number of hydrogen-bond donors (Lipinski definition) is 1.